The van der Waals surface area contributed by atoms with Crippen LogP contribution in [0.15, 0.2) is 59.4 Å². The molecule has 2 aromatic carbocycles. The van der Waals surface area contributed by atoms with Crippen LogP contribution in [-0.4, -0.2) is 19.7 Å². The fraction of sp³-hybridized carbons (Fsp3) is 0.190. The lowest BCUT2D eigenvalue weighted by Crippen LogP contribution is -2.32. The van der Waals surface area contributed by atoms with Crippen molar-refractivity contribution in [2.75, 3.05) is 5.32 Å². The van der Waals surface area contributed by atoms with E-state index in [1.807, 2.05) is 51.1 Å². The zero-order valence-corrected chi connectivity index (χ0v) is 17.8. The Hall–Kier alpha value is -2.84. The van der Waals surface area contributed by atoms with Crippen LogP contribution in [0.1, 0.15) is 20.8 Å². The third kappa shape index (κ3) is 3.73. The maximum Gasteiger partial charge on any atom is 0.279 e. The molecule has 4 aromatic rings. The lowest BCUT2D eigenvalue weighted by molar-refractivity contribution is 0.619. The van der Waals surface area contributed by atoms with Crippen LogP contribution in [0.25, 0.3) is 21.7 Å². The molecule has 0 spiro atoms. The SMILES string of the molecule is CC(C)(C)Nc1nc2c(sc(=S)n2-c2ccccc2)c(=O)n1-c1ccc(F)cc1. The van der Waals surface area contributed by atoms with E-state index in [9.17, 15) is 9.18 Å². The number of benzene rings is 2. The molecule has 0 aliphatic carbocycles. The number of fused-ring (bicyclic) bond motifs is 1. The van der Waals surface area contributed by atoms with Crippen LogP contribution >= 0.6 is 23.6 Å². The molecule has 29 heavy (non-hydrogen) atoms. The monoisotopic (exact) mass is 426 g/mol. The van der Waals surface area contributed by atoms with Gasteiger partial charge in [-0.25, -0.2) is 8.96 Å². The fourth-order valence-electron chi connectivity index (χ4n) is 3.01. The predicted molar refractivity (Wildman–Crippen MR) is 119 cm³/mol. The van der Waals surface area contributed by atoms with Gasteiger partial charge in [-0.15, -0.1) is 0 Å². The molecule has 0 aliphatic heterocycles. The highest BCUT2D eigenvalue weighted by molar-refractivity contribution is 7.73. The first-order valence-corrected chi connectivity index (χ1v) is 10.3. The third-order valence-corrected chi connectivity index (χ3v) is 5.54. The molecule has 0 fully saturated rings. The minimum Gasteiger partial charge on any atom is -0.351 e. The third-order valence-electron chi connectivity index (χ3n) is 4.19. The van der Waals surface area contributed by atoms with Crippen molar-refractivity contribution < 1.29 is 4.39 Å². The van der Waals surface area contributed by atoms with Crippen molar-refractivity contribution in [3.05, 3.63) is 74.7 Å². The molecule has 5 nitrogen and oxygen atoms in total. The van der Waals surface area contributed by atoms with Crippen molar-refractivity contribution >= 4 is 39.9 Å². The Labute approximate surface area is 176 Å². The van der Waals surface area contributed by atoms with Gasteiger partial charge in [-0.1, -0.05) is 29.5 Å². The van der Waals surface area contributed by atoms with E-state index in [1.54, 1.807) is 16.7 Å². The molecule has 0 bridgehead atoms. The molecule has 4 rings (SSSR count). The number of anilines is 1. The zero-order valence-electron chi connectivity index (χ0n) is 16.1. The quantitative estimate of drug-likeness (QED) is 0.451. The van der Waals surface area contributed by atoms with Gasteiger partial charge in [0.2, 0.25) is 5.95 Å². The summed E-state index contributed by atoms with van der Waals surface area (Å²) in [5, 5.41) is 3.30. The van der Waals surface area contributed by atoms with Crippen LogP contribution in [-0.2, 0) is 0 Å². The standard InChI is InChI=1S/C21H19FN4OS2/c1-21(2,3)24-19-23-17-16(18(27)26(19)15-11-9-13(22)10-12-15)29-20(28)25(17)14-7-5-4-6-8-14/h4-12H,1-3H3,(H,23,24). The molecule has 2 aromatic heterocycles. The minimum atomic E-state index is -0.368. The van der Waals surface area contributed by atoms with Crippen molar-refractivity contribution in [2.24, 2.45) is 0 Å². The molecule has 1 N–H and O–H groups in total. The van der Waals surface area contributed by atoms with Gasteiger partial charge < -0.3 is 5.32 Å². The highest BCUT2D eigenvalue weighted by atomic mass is 32.1. The Morgan fingerprint density at radius 3 is 2.24 bits per heavy atom. The van der Waals surface area contributed by atoms with Gasteiger partial charge in [0.15, 0.2) is 9.60 Å². The van der Waals surface area contributed by atoms with Crippen LogP contribution in [0.5, 0.6) is 0 Å². The number of aromatic nitrogens is 3. The highest BCUT2D eigenvalue weighted by Gasteiger charge is 2.21. The van der Waals surface area contributed by atoms with Crippen molar-refractivity contribution in [1.82, 2.24) is 14.1 Å². The fourth-order valence-corrected chi connectivity index (χ4v) is 4.31. The molecule has 0 saturated heterocycles. The van der Waals surface area contributed by atoms with E-state index in [4.69, 9.17) is 17.2 Å². The van der Waals surface area contributed by atoms with E-state index < -0.39 is 0 Å². The molecule has 0 amide bonds. The van der Waals surface area contributed by atoms with E-state index in [2.05, 4.69) is 5.32 Å². The van der Waals surface area contributed by atoms with Crippen molar-refractivity contribution in [3.63, 3.8) is 0 Å². The average molecular weight is 427 g/mol. The van der Waals surface area contributed by atoms with E-state index in [-0.39, 0.29) is 16.9 Å². The lowest BCUT2D eigenvalue weighted by Gasteiger charge is -2.24. The molecular formula is C21H19FN4OS2. The van der Waals surface area contributed by atoms with Crippen LogP contribution in [0, 0.1) is 9.77 Å². The number of para-hydroxylation sites is 1. The van der Waals surface area contributed by atoms with Gasteiger partial charge >= 0.3 is 0 Å². The number of nitrogens with zero attached hydrogens (tertiary/aromatic N) is 3. The smallest absolute Gasteiger partial charge is 0.279 e. The Kier molecular flexibility index (Phi) is 4.84. The number of hydrogen-bond acceptors (Lipinski definition) is 5. The van der Waals surface area contributed by atoms with E-state index in [0.29, 0.717) is 25.9 Å². The molecular weight excluding hydrogens is 407 g/mol. The second kappa shape index (κ2) is 7.20. The summed E-state index contributed by atoms with van der Waals surface area (Å²) >= 11 is 6.77. The van der Waals surface area contributed by atoms with Crippen molar-refractivity contribution in [2.45, 2.75) is 26.3 Å². The maximum atomic E-state index is 13.5. The Morgan fingerprint density at radius 2 is 1.62 bits per heavy atom. The molecule has 8 heteroatoms. The van der Waals surface area contributed by atoms with Gasteiger partial charge in [0, 0.05) is 11.2 Å². The summed E-state index contributed by atoms with van der Waals surface area (Å²) in [6.07, 6.45) is 0. The van der Waals surface area contributed by atoms with Crippen LogP contribution in [0.4, 0.5) is 10.3 Å². The normalized spacial score (nSPS) is 11.7. The zero-order chi connectivity index (χ0) is 20.8. The first kappa shape index (κ1) is 19.5. The van der Waals surface area contributed by atoms with E-state index in [1.165, 1.54) is 28.0 Å². The van der Waals surface area contributed by atoms with Gasteiger partial charge in [-0.3, -0.25) is 9.36 Å². The van der Waals surface area contributed by atoms with E-state index >= 15 is 0 Å². The predicted octanol–water partition coefficient (Wildman–Crippen LogP) is 5.32. The van der Waals surface area contributed by atoms with Crippen LogP contribution in [0.2, 0.25) is 0 Å². The molecule has 0 aliphatic rings. The highest BCUT2D eigenvalue weighted by Crippen LogP contribution is 2.26. The largest absolute Gasteiger partial charge is 0.351 e. The topological polar surface area (TPSA) is 51.9 Å². The Bertz CT molecular complexity index is 1300. The number of rotatable bonds is 3. The van der Waals surface area contributed by atoms with Gasteiger partial charge in [-0.2, -0.15) is 4.98 Å². The summed E-state index contributed by atoms with van der Waals surface area (Å²) < 4.78 is 17.7. The van der Waals surface area contributed by atoms with Crippen molar-refractivity contribution in [1.29, 1.82) is 0 Å². The van der Waals surface area contributed by atoms with Gasteiger partial charge in [-0.05, 0) is 69.4 Å². The van der Waals surface area contributed by atoms with Crippen LogP contribution in [0.3, 0.4) is 0 Å². The number of thiazole rings is 1. The Morgan fingerprint density at radius 1 is 1.00 bits per heavy atom. The first-order chi connectivity index (χ1) is 13.7. The van der Waals surface area contributed by atoms with Crippen molar-refractivity contribution in [3.8, 4) is 11.4 Å². The molecule has 148 valence electrons. The molecule has 0 atom stereocenters. The molecule has 2 heterocycles. The second-order valence-electron chi connectivity index (χ2n) is 7.62. The Balaban J connectivity index is 2.07. The van der Waals surface area contributed by atoms with Gasteiger partial charge in [0.1, 0.15) is 10.5 Å². The lowest BCUT2D eigenvalue weighted by atomic mass is 10.1. The summed E-state index contributed by atoms with van der Waals surface area (Å²) in [5.41, 5.74) is 1.28. The first-order valence-electron chi connectivity index (χ1n) is 9.03. The van der Waals surface area contributed by atoms with Gasteiger partial charge in [0.25, 0.3) is 5.56 Å². The second-order valence-corrected chi connectivity index (χ2v) is 9.26. The van der Waals surface area contributed by atoms with Gasteiger partial charge in [0.05, 0.1) is 5.69 Å². The average Bonchev–Trinajstić information content (AvgIpc) is 2.99. The minimum absolute atomic E-state index is 0.251. The maximum absolute atomic E-state index is 13.5. The summed E-state index contributed by atoms with van der Waals surface area (Å²) in [5.74, 6) is 0.00569. The number of nitrogens with one attached hydrogen (secondary N) is 1. The molecule has 0 saturated carbocycles. The summed E-state index contributed by atoms with van der Waals surface area (Å²) in [7, 11) is 0. The summed E-state index contributed by atoms with van der Waals surface area (Å²) in [4.78, 5) is 18.2. The summed E-state index contributed by atoms with van der Waals surface area (Å²) in [6.45, 7) is 5.95. The molecule has 0 unspecified atom stereocenters. The number of halogens is 1. The number of hydrogen-bond donors (Lipinski definition) is 1. The molecule has 0 radical (unpaired) electrons. The van der Waals surface area contributed by atoms with Crippen LogP contribution < -0.4 is 10.9 Å². The summed E-state index contributed by atoms with van der Waals surface area (Å²) in [6, 6.07) is 15.4. The van der Waals surface area contributed by atoms with E-state index in [0.717, 1.165) is 5.69 Å².